The Morgan fingerprint density at radius 1 is 1.06 bits per heavy atom. The summed E-state index contributed by atoms with van der Waals surface area (Å²) in [6, 6.07) is 17.5. The predicted molar refractivity (Wildman–Crippen MR) is 122 cm³/mol. The number of halogens is 1. The molecular formula is C25H25ClN2O3. The Balaban J connectivity index is 1.72. The lowest BCUT2D eigenvalue weighted by molar-refractivity contribution is 0.0753. The highest BCUT2D eigenvalue weighted by Gasteiger charge is 2.15. The second kappa shape index (κ2) is 10.3. The largest absolute Gasteiger partial charge is 0.497 e. The summed E-state index contributed by atoms with van der Waals surface area (Å²) in [5.74, 6) is 6.77. The third kappa shape index (κ3) is 6.71. The molecule has 0 spiro atoms. The van der Waals surface area contributed by atoms with E-state index >= 15 is 0 Å². The van der Waals surface area contributed by atoms with E-state index in [0.29, 0.717) is 19.8 Å². The van der Waals surface area contributed by atoms with Crippen molar-refractivity contribution in [2.75, 3.05) is 13.7 Å². The van der Waals surface area contributed by atoms with Crippen LogP contribution < -0.4 is 10.3 Å². The van der Waals surface area contributed by atoms with E-state index in [1.165, 1.54) is 10.8 Å². The highest BCUT2D eigenvalue weighted by atomic mass is 35.5. The van der Waals surface area contributed by atoms with Gasteiger partial charge in [-0.3, -0.25) is 4.79 Å². The molecule has 0 unspecified atom stereocenters. The van der Waals surface area contributed by atoms with Crippen LogP contribution in [0.5, 0.6) is 5.75 Å². The average Bonchev–Trinajstić information content (AvgIpc) is 2.76. The van der Waals surface area contributed by atoms with Crippen LogP contribution in [0.4, 0.5) is 0 Å². The number of ether oxygens (including phenoxy) is 2. The van der Waals surface area contributed by atoms with Gasteiger partial charge in [-0.1, -0.05) is 60.0 Å². The van der Waals surface area contributed by atoms with Crippen LogP contribution in [0.15, 0.2) is 65.6 Å². The molecule has 2 aromatic carbocycles. The first-order chi connectivity index (χ1) is 14.9. The smallest absolute Gasteiger partial charge is 0.285 e. The molecule has 0 amide bonds. The first kappa shape index (κ1) is 22.6. The molecule has 3 rings (SSSR count). The van der Waals surface area contributed by atoms with Crippen LogP contribution in [-0.4, -0.2) is 23.3 Å². The zero-order valence-electron chi connectivity index (χ0n) is 17.9. The molecule has 1 heterocycles. The van der Waals surface area contributed by atoms with Crippen molar-refractivity contribution in [3.05, 3.63) is 93.1 Å². The molecule has 0 radical (unpaired) electrons. The molecule has 0 saturated heterocycles. The summed E-state index contributed by atoms with van der Waals surface area (Å²) in [7, 11) is 1.61. The minimum atomic E-state index is -0.452. The van der Waals surface area contributed by atoms with E-state index in [0.717, 1.165) is 16.9 Å². The maximum atomic E-state index is 12.8. The number of benzene rings is 2. The lowest BCUT2D eigenvalue weighted by atomic mass is 9.95. The summed E-state index contributed by atoms with van der Waals surface area (Å²) in [6.07, 6.45) is 1.52. The summed E-state index contributed by atoms with van der Waals surface area (Å²) >= 11 is 6.15. The van der Waals surface area contributed by atoms with Crippen molar-refractivity contribution in [2.45, 2.75) is 27.0 Å². The summed E-state index contributed by atoms with van der Waals surface area (Å²) in [6.45, 7) is 5.23. The average molecular weight is 437 g/mol. The van der Waals surface area contributed by atoms with Crippen LogP contribution in [0.1, 0.15) is 30.7 Å². The second-order valence-electron chi connectivity index (χ2n) is 7.81. The van der Waals surface area contributed by atoms with E-state index < -0.39 is 5.41 Å². The molecule has 3 aromatic rings. The van der Waals surface area contributed by atoms with E-state index in [-0.39, 0.29) is 16.4 Å². The monoisotopic (exact) mass is 436 g/mol. The molecule has 0 saturated carbocycles. The van der Waals surface area contributed by atoms with Crippen LogP contribution in [0.2, 0.25) is 5.15 Å². The van der Waals surface area contributed by atoms with Gasteiger partial charge in [0.25, 0.3) is 5.56 Å². The summed E-state index contributed by atoms with van der Waals surface area (Å²) < 4.78 is 12.5. The fraction of sp³-hybridized carbons (Fsp3) is 0.280. The van der Waals surface area contributed by atoms with Gasteiger partial charge in [-0.15, -0.1) is 0 Å². The third-order valence-corrected chi connectivity index (χ3v) is 4.73. The molecule has 0 bridgehead atoms. The Kier molecular flexibility index (Phi) is 7.51. The van der Waals surface area contributed by atoms with Crippen molar-refractivity contribution in [2.24, 2.45) is 5.41 Å². The van der Waals surface area contributed by atoms with Gasteiger partial charge >= 0.3 is 0 Å². The molecule has 31 heavy (non-hydrogen) atoms. The highest BCUT2D eigenvalue weighted by Crippen LogP contribution is 2.16. The van der Waals surface area contributed by atoms with Gasteiger partial charge in [0, 0.05) is 11.6 Å². The van der Waals surface area contributed by atoms with E-state index in [1.54, 1.807) is 7.11 Å². The number of nitrogens with zero attached hydrogens (tertiary/aromatic N) is 2. The normalized spacial score (nSPS) is 11.0. The molecular weight excluding hydrogens is 412 g/mol. The maximum absolute atomic E-state index is 12.8. The topological polar surface area (TPSA) is 53.4 Å². The first-order valence-corrected chi connectivity index (χ1v) is 10.3. The van der Waals surface area contributed by atoms with Crippen LogP contribution >= 0.6 is 11.6 Å². The quantitative estimate of drug-likeness (QED) is 0.510. The molecule has 6 heteroatoms. The molecule has 5 nitrogen and oxygen atoms in total. The lowest BCUT2D eigenvalue weighted by Gasteiger charge is -2.17. The second-order valence-corrected chi connectivity index (χ2v) is 8.19. The van der Waals surface area contributed by atoms with Gasteiger partial charge in [-0.2, -0.15) is 0 Å². The van der Waals surface area contributed by atoms with Crippen molar-refractivity contribution in [1.82, 2.24) is 9.55 Å². The number of methoxy groups -OCH3 is 1. The standard InChI is InChI=1S/C25H25ClN2O3/c1-25(2,18-31-17-20-7-5-4-6-8-20)14-13-22-24(29)28(16-23(26)27-22)15-19-9-11-21(30-3)12-10-19/h4-12,16H,15,17-18H2,1-3H3. The van der Waals surface area contributed by atoms with Crippen LogP contribution in [0, 0.1) is 17.3 Å². The minimum Gasteiger partial charge on any atom is -0.497 e. The summed E-state index contributed by atoms with van der Waals surface area (Å²) in [4.78, 5) is 17.0. The third-order valence-electron chi connectivity index (χ3n) is 4.55. The molecule has 160 valence electrons. The molecule has 0 aliphatic rings. The number of hydrogen-bond donors (Lipinski definition) is 0. The van der Waals surface area contributed by atoms with E-state index in [1.807, 2.05) is 68.4 Å². The van der Waals surface area contributed by atoms with Crippen molar-refractivity contribution in [3.63, 3.8) is 0 Å². The summed E-state index contributed by atoms with van der Waals surface area (Å²) in [5.41, 5.74) is 1.43. The fourth-order valence-corrected chi connectivity index (χ4v) is 3.10. The number of hydrogen-bond acceptors (Lipinski definition) is 4. The predicted octanol–water partition coefficient (Wildman–Crippen LogP) is 4.55. The van der Waals surface area contributed by atoms with Gasteiger partial charge < -0.3 is 14.0 Å². The van der Waals surface area contributed by atoms with Crippen molar-refractivity contribution in [3.8, 4) is 17.6 Å². The van der Waals surface area contributed by atoms with Gasteiger partial charge in [-0.05, 0) is 43.0 Å². The Labute approximate surface area is 187 Å². The van der Waals surface area contributed by atoms with Crippen molar-refractivity contribution < 1.29 is 9.47 Å². The van der Waals surface area contributed by atoms with Crippen LogP contribution in [0.25, 0.3) is 0 Å². The molecule has 0 aliphatic heterocycles. The van der Waals surface area contributed by atoms with Crippen molar-refractivity contribution in [1.29, 1.82) is 0 Å². The van der Waals surface area contributed by atoms with Crippen molar-refractivity contribution >= 4 is 11.6 Å². The van der Waals surface area contributed by atoms with E-state index in [2.05, 4.69) is 16.8 Å². The van der Waals surface area contributed by atoms with Gasteiger partial charge in [-0.25, -0.2) is 4.98 Å². The highest BCUT2D eigenvalue weighted by molar-refractivity contribution is 6.29. The number of rotatable bonds is 7. The minimum absolute atomic E-state index is 0.122. The Hall–Kier alpha value is -3.07. The molecule has 0 N–H and O–H groups in total. The van der Waals surface area contributed by atoms with Crippen LogP contribution in [0.3, 0.4) is 0 Å². The lowest BCUT2D eigenvalue weighted by Crippen LogP contribution is -2.24. The maximum Gasteiger partial charge on any atom is 0.285 e. The summed E-state index contributed by atoms with van der Waals surface area (Å²) in [5, 5.41) is 0.218. The van der Waals surface area contributed by atoms with Gasteiger partial charge in [0.2, 0.25) is 0 Å². The zero-order chi connectivity index (χ0) is 22.3. The molecule has 0 atom stereocenters. The van der Waals surface area contributed by atoms with E-state index in [4.69, 9.17) is 21.1 Å². The number of aromatic nitrogens is 2. The SMILES string of the molecule is COc1ccc(Cn2cc(Cl)nc(C#CC(C)(C)COCc3ccccc3)c2=O)cc1. The Bertz CT molecular complexity index is 1130. The molecule has 0 aliphatic carbocycles. The van der Waals surface area contributed by atoms with Crippen LogP contribution in [-0.2, 0) is 17.9 Å². The first-order valence-electron chi connectivity index (χ1n) is 9.91. The van der Waals surface area contributed by atoms with Gasteiger partial charge in [0.15, 0.2) is 5.69 Å². The molecule has 1 aromatic heterocycles. The Morgan fingerprint density at radius 2 is 1.77 bits per heavy atom. The van der Waals surface area contributed by atoms with Gasteiger partial charge in [0.05, 0.1) is 26.9 Å². The van der Waals surface area contributed by atoms with E-state index in [9.17, 15) is 4.79 Å². The fourth-order valence-electron chi connectivity index (χ4n) is 2.90. The van der Waals surface area contributed by atoms with Gasteiger partial charge in [0.1, 0.15) is 10.9 Å². The molecule has 0 fully saturated rings. The Morgan fingerprint density at radius 3 is 2.45 bits per heavy atom. The zero-order valence-corrected chi connectivity index (χ0v) is 18.6.